The van der Waals surface area contributed by atoms with Gasteiger partial charge in [-0.15, -0.1) is 11.3 Å². The van der Waals surface area contributed by atoms with Gasteiger partial charge in [0.05, 0.1) is 17.8 Å². The zero-order valence-corrected chi connectivity index (χ0v) is 13.1. The summed E-state index contributed by atoms with van der Waals surface area (Å²) in [5.74, 6) is 1.00. The molecule has 0 saturated heterocycles. The van der Waals surface area contributed by atoms with E-state index in [1.54, 1.807) is 11.3 Å². The number of thiazole rings is 1. The molecular formula is C14H15BrN2OS. The molecule has 1 aliphatic rings. The van der Waals surface area contributed by atoms with Crippen LogP contribution in [-0.4, -0.2) is 23.5 Å². The molecule has 3 rings (SSSR count). The average Bonchev–Trinajstić information content (AvgIpc) is 2.90. The van der Waals surface area contributed by atoms with Gasteiger partial charge in [-0.05, 0) is 25.2 Å². The third kappa shape index (κ3) is 2.83. The molecule has 100 valence electrons. The van der Waals surface area contributed by atoms with Gasteiger partial charge in [0, 0.05) is 34.4 Å². The summed E-state index contributed by atoms with van der Waals surface area (Å²) in [6, 6.07) is 6.63. The van der Waals surface area contributed by atoms with Gasteiger partial charge in [0.2, 0.25) is 0 Å². The van der Waals surface area contributed by atoms with Crippen LogP contribution in [0.3, 0.4) is 0 Å². The van der Waals surface area contributed by atoms with Crippen LogP contribution in [0, 0.1) is 0 Å². The molecule has 2 aromatic rings. The van der Waals surface area contributed by atoms with Gasteiger partial charge in [-0.25, -0.2) is 4.98 Å². The van der Waals surface area contributed by atoms with Crippen molar-refractivity contribution in [3.05, 3.63) is 44.8 Å². The van der Waals surface area contributed by atoms with E-state index in [-0.39, 0.29) is 0 Å². The van der Waals surface area contributed by atoms with Crippen molar-refractivity contribution < 1.29 is 4.74 Å². The Bertz CT molecular complexity index is 559. The lowest BCUT2D eigenvalue weighted by molar-refractivity contribution is 0.159. The molecule has 0 fully saturated rings. The van der Waals surface area contributed by atoms with Crippen LogP contribution >= 0.6 is 27.3 Å². The van der Waals surface area contributed by atoms with Gasteiger partial charge in [-0.2, -0.15) is 0 Å². The first kappa shape index (κ1) is 13.1. The fraction of sp³-hybridized carbons (Fsp3) is 0.357. The maximum absolute atomic E-state index is 5.73. The standard InChI is InChI=1S/C14H15BrN2OS/c1-17(7-11-8-19-9-16-11)13-4-5-18-14-3-2-10(15)6-12(13)14/h2-3,6,8-9,13H,4-5,7H2,1H3/t13-/m1/s1. The lowest BCUT2D eigenvalue weighted by atomic mass is 9.99. The third-order valence-electron chi connectivity index (χ3n) is 3.41. The zero-order chi connectivity index (χ0) is 13.2. The van der Waals surface area contributed by atoms with Gasteiger partial charge in [0.15, 0.2) is 0 Å². The van der Waals surface area contributed by atoms with Crippen molar-refractivity contribution in [1.29, 1.82) is 0 Å². The first-order valence-electron chi connectivity index (χ1n) is 6.23. The largest absolute Gasteiger partial charge is 0.493 e. The van der Waals surface area contributed by atoms with Gasteiger partial charge in [-0.1, -0.05) is 15.9 Å². The van der Waals surface area contributed by atoms with E-state index in [0.717, 1.165) is 35.5 Å². The SMILES string of the molecule is CN(Cc1cscn1)[C@@H]1CCOc2ccc(Br)cc21. The highest BCUT2D eigenvalue weighted by molar-refractivity contribution is 9.10. The number of hydrogen-bond donors (Lipinski definition) is 0. The van der Waals surface area contributed by atoms with E-state index in [9.17, 15) is 0 Å². The molecular weight excluding hydrogens is 324 g/mol. The van der Waals surface area contributed by atoms with Gasteiger partial charge in [0.25, 0.3) is 0 Å². The fourth-order valence-electron chi connectivity index (χ4n) is 2.49. The summed E-state index contributed by atoms with van der Waals surface area (Å²) in [7, 11) is 2.15. The number of aromatic nitrogens is 1. The highest BCUT2D eigenvalue weighted by Gasteiger charge is 2.25. The Balaban J connectivity index is 1.84. The molecule has 0 aliphatic carbocycles. The minimum atomic E-state index is 0.392. The Morgan fingerprint density at radius 2 is 2.42 bits per heavy atom. The van der Waals surface area contributed by atoms with E-state index in [4.69, 9.17) is 4.74 Å². The van der Waals surface area contributed by atoms with E-state index in [2.05, 4.69) is 44.3 Å². The van der Waals surface area contributed by atoms with Gasteiger partial charge in [0.1, 0.15) is 5.75 Å². The molecule has 0 N–H and O–H groups in total. The normalized spacial score (nSPS) is 18.2. The molecule has 0 spiro atoms. The first-order valence-corrected chi connectivity index (χ1v) is 7.97. The Kier molecular flexibility index (Phi) is 3.86. The number of nitrogens with zero attached hydrogens (tertiary/aromatic N) is 2. The van der Waals surface area contributed by atoms with Crippen molar-refractivity contribution in [2.24, 2.45) is 0 Å². The average molecular weight is 339 g/mol. The molecule has 3 nitrogen and oxygen atoms in total. The topological polar surface area (TPSA) is 25.4 Å². The van der Waals surface area contributed by atoms with Crippen LogP contribution in [0.1, 0.15) is 23.7 Å². The van der Waals surface area contributed by atoms with E-state index >= 15 is 0 Å². The van der Waals surface area contributed by atoms with Gasteiger partial charge < -0.3 is 4.74 Å². The second-order valence-corrected chi connectivity index (χ2v) is 6.36. The summed E-state index contributed by atoms with van der Waals surface area (Å²) < 4.78 is 6.83. The number of hydrogen-bond acceptors (Lipinski definition) is 4. The van der Waals surface area contributed by atoms with Gasteiger partial charge in [-0.3, -0.25) is 4.90 Å². The van der Waals surface area contributed by atoms with E-state index in [1.807, 2.05) is 17.6 Å². The molecule has 1 aromatic heterocycles. The van der Waals surface area contributed by atoms with E-state index < -0.39 is 0 Å². The number of fused-ring (bicyclic) bond motifs is 1. The summed E-state index contributed by atoms with van der Waals surface area (Å²) in [5.41, 5.74) is 4.28. The summed E-state index contributed by atoms with van der Waals surface area (Å²) in [4.78, 5) is 6.71. The molecule has 5 heteroatoms. The number of benzene rings is 1. The van der Waals surface area contributed by atoms with Crippen molar-refractivity contribution in [3.63, 3.8) is 0 Å². The van der Waals surface area contributed by atoms with Crippen molar-refractivity contribution in [2.45, 2.75) is 19.0 Å². The lowest BCUT2D eigenvalue weighted by Gasteiger charge is -2.33. The quantitative estimate of drug-likeness (QED) is 0.849. The second-order valence-electron chi connectivity index (χ2n) is 4.73. The van der Waals surface area contributed by atoms with Crippen LogP contribution in [-0.2, 0) is 6.54 Å². The summed E-state index contributed by atoms with van der Waals surface area (Å²) in [5, 5.41) is 2.11. The molecule has 0 saturated carbocycles. The van der Waals surface area contributed by atoms with E-state index in [0.29, 0.717) is 6.04 Å². The molecule has 0 radical (unpaired) electrons. The van der Waals surface area contributed by atoms with Crippen LogP contribution in [0.4, 0.5) is 0 Å². The number of halogens is 1. The Morgan fingerprint density at radius 1 is 1.53 bits per heavy atom. The molecule has 0 amide bonds. The molecule has 0 bridgehead atoms. The predicted molar refractivity (Wildman–Crippen MR) is 80.6 cm³/mol. The molecule has 1 atom stereocenters. The van der Waals surface area contributed by atoms with Crippen LogP contribution in [0.15, 0.2) is 33.6 Å². The first-order chi connectivity index (χ1) is 9.24. The van der Waals surface area contributed by atoms with Crippen LogP contribution in [0.25, 0.3) is 0 Å². The molecule has 2 heterocycles. The Hall–Kier alpha value is -0.910. The Labute approximate surface area is 125 Å². The third-order valence-corrected chi connectivity index (χ3v) is 4.54. The molecule has 1 aliphatic heterocycles. The Morgan fingerprint density at radius 3 is 3.21 bits per heavy atom. The fourth-order valence-corrected chi connectivity index (χ4v) is 3.41. The highest BCUT2D eigenvalue weighted by atomic mass is 79.9. The number of ether oxygens (including phenoxy) is 1. The minimum absolute atomic E-state index is 0.392. The van der Waals surface area contributed by atoms with Crippen molar-refractivity contribution in [2.75, 3.05) is 13.7 Å². The van der Waals surface area contributed by atoms with Crippen molar-refractivity contribution in [1.82, 2.24) is 9.88 Å². The van der Waals surface area contributed by atoms with Crippen LogP contribution in [0.5, 0.6) is 5.75 Å². The van der Waals surface area contributed by atoms with Crippen molar-refractivity contribution >= 4 is 27.3 Å². The zero-order valence-electron chi connectivity index (χ0n) is 10.7. The monoisotopic (exact) mass is 338 g/mol. The number of rotatable bonds is 3. The molecule has 19 heavy (non-hydrogen) atoms. The lowest BCUT2D eigenvalue weighted by Crippen LogP contribution is -2.29. The summed E-state index contributed by atoms with van der Waals surface area (Å²) >= 11 is 5.19. The minimum Gasteiger partial charge on any atom is -0.493 e. The smallest absolute Gasteiger partial charge is 0.124 e. The maximum atomic E-state index is 5.73. The van der Waals surface area contributed by atoms with Crippen LogP contribution in [0.2, 0.25) is 0 Å². The highest BCUT2D eigenvalue weighted by Crippen LogP contribution is 2.37. The maximum Gasteiger partial charge on any atom is 0.124 e. The van der Waals surface area contributed by atoms with E-state index in [1.165, 1.54) is 5.56 Å². The van der Waals surface area contributed by atoms with Gasteiger partial charge >= 0.3 is 0 Å². The molecule has 0 unspecified atom stereocenters. The summed E-state index contributed by atoms with van der Waals surface area (Å²) in [6.45, 7) is 1.65. The second kappa shape index (κ2) is 5.61. The summed E-state index contributed by atoms with van der Waals surface area (Å²) in [6.07, 6.45) is 1.02. The van der Waals surface area contributed by atoms with Crippen molar-refractivity contribution in [3.8, 4) is 5.75 Å². The van der Waals surface area contributed by atoms with Crippen LogP contribution < -0.4 is 4.74 Å². The molecule has 1 aromatic carbocycles. The predicted octanol–water partition coefficient (Wildman–Crippen LogP) is 3.86.